The fourth-order valence-corrected chi connectivity index (χ4v) is 2.12. The molecule has 2 unspecified atom stereocenters. The maximum atomic E-state index is 12.1. The number of rotatable bonds is 7. The van der Waals surface area contributed by atoms with Gasteiger partial charge in [-0.15, -0.1) is 0 Å². The van der Waals surface area contributed by atoms with Crippen molar-refractivity contribution in [3.8, 4) is 0 Å². The molecular formula is C18H30N2O2. The van der Waals surface area contributed by atoms with E-state index in [1.54, 1.807) is 0 Å². The van der Waals surface area contributed by atoms with Gasteiger partial charge in [0.05, 0.1) is 6.10 Å². The van der Waals surface area contributed by atoms with E-state index in [2.05, 4.69) is 17.6 Å². The van der Waals surface area contributed by atoms with E-state index in [-0.39, 0.29) is 17.4 Å². The minimum absolute atomic E-state index is 0.00820. The summed E-state index contributed by atoms with van der Waals surface area (Å²) in [5.74, 6) is -0.00820. The first-order valence-corrected chi connectivity index (χ1v) is 8.03. The first-order chi connectivity index (χ1) is 10.2. The van der Waals surface area contributed by atoms with Gasteiger partial charge in [0, 0.05) is 24.7 Å². The van der Waals surface area contributed by atoms with E-state index in [4.69, 9.17) is 0 Å². The first kappa shape index (κ1) is 18.7. The number of hydrogen-bond donors (Lipinski definition) is 3. The second-order valence-corrected chi connectivity index (χ2v) is 6.95. The van der Waals surface area contributed by atoms with E-state index in [9.17, 15) is 9.90 Å². The van der Waals surface area contributed by atoms with E-state index >= 15 is 0 Å². The summed E-state index contributed by atoms with van der Waals surface area (Å²) in [6, 6.07) is 7.88. The van der Waals surface area contributed by atoms with E-state index in [0.717, 1.165) is 17.7 Å². The molecule has 3 N–H and O–H groups in total. The first-order valence-electron chi connectivity index (χ1n) is 8.03. The van der Waals surface area contributed by atoms with Crippen LogP contribution >= 0.6 is 0 Å². The van der Waals surface area contributed by atoms with Gasteiger partial charge in [-0.3, -0.25) is 4.79 Å². The minimum atomic E-state index is -0.432. The molecular weight excluding hydrogens is 276 g/mol. The molecule has 0 fully saturated rings. The van der Waals surface area contributed by atoms with E-state index in [1.165, 1.54) is 0 Å². The molecule has 0 spiro atoms. The van der Waals surface area contributed by atoms with Crippen LogP contribution in [0.5, 0.6) is 0 Å². The number of anilines is 1. The topological polar surface area (TPSA) is 61.4 Å². The van der Waals surface area contributed by atoms with Gasteiger partial charge in [-0.05, 0) is 30.4 Å². The van der Waals surface area contributed by atoms with Gasteiger partial charge >= 0.3 is 0 Å². The molecule has 1 amide bonds. The second-order valence-electron chi connectivity index (χ2n) is 6.95. The quantitative estimate of drug-likeness (QED) is 0.726. The summed E-state index contributed by atoms with van der Waals surface area (Å²) in [4.78, 5) is 12.1. The van der Waals surface area contributed by atoms with E-state index < -0.39 is 6.10 Å². The normalized spacial score (nSPS) is 14.5. The molecule has 4 nitrogen and oxygen atoms in total. The van der Waals surface area contributed by atoms with Gasteiger partial charge < -0.3 is 15.7 Å². The highest BCUT2D eigenvalue weighted by atomic mass is 16.3. The Kier molecular flexibility index (Phi) is 7.04. The number of aliphatic hydroxyl groups excluding tert-OH is 1. The Morgan fingerprint density at radius 3 is 2.50 bits per heavy atom. The number of nitrogens with one attached hydrogen (secondary N) is 2. The summed E-state index contributed by atoms with van der Waals surface area (Å²) < 4.78 is 0. The summed E-state index contributed by atoms with van der Waals surface area (Å²) in [7, 11) is 0. The zero-order chi connectivity index (χ0) is 16.8. The van der Waals surface area contributed by atoms with Crippen LogP contribution in [0.4, 0.5) is 5.69 Å². The van der Waals surface area contributed by atoms with Gasteiger partial charge in [0.2, 0.25) is 5.91 Å². The Hall–Kier alpha value is -1.39. The Labute approximate surface area is 134 Å². The standard InChI is InChI=1S/C18H30N2O2/c1-6-14-9-7-8-10-15(14)20-17(22)11-13(2)19-12-16(21)18(3,4)5/h7-10,13,16,19,21H,6,11-12H2,1-5H3,(H,20,22). The molecule has 0 saturated heterocycles. The summed E-state index contributed by atoms with van der Waals surface area (Å²) >= 11 is 0. The third kappa shape index (κ3) is 6.16. The van der Waals surface area contributed by atoms with Crippen LogP contribution in [0, 0.1) is 5.41 Å². The molecule has 2 atom stereocenters. The zero-order valence-electron chi connectivity index (χ0n) is 14.4. The van der Waals surface area contributed by atoms with Gasteiger partial charge in [0.1, 0.15) is 0 Å². The summed E-state index contributed by atoms with van der Waals surface area (Å²) in [5.41, 5.74) is 1.87. The third-order valence-electron chi connectivity index (χ3n) is 3.82. The van der Waals surface area contributed by atoms with Crippen molar-refractivity contribution in [3.63, 3.8) is 0 Å². The largest absolute Gasteiger partial charge is 0.391 e. The van der Waals surface area contributed by atoms with Gasteiger partial charge in [0.15, 0.2) is 0 Å². The number of benzene rings is 1. The fraction of sp³-hybridized carbons (Fsp3) is 0.611. The molecule has 0 aliphatic rings. The Morgan fingerprint density at radius 1 is 1.27 bits per heavy atom. The van der Waals surface area contributed by atoms with Crippen molar-refractivity contribution in [3.05, 3.63) is 29.8 Å². The van der Waals surface area contributed by atoms with Crippen LogP contribution in [0.25, 0.3) is 0 Å². The lowest BCUT2D eigenvalue weighted by Gasteiger charge is -2.27. The molecule has 0 heterocycles. The van der Waals surface area contributed by atoms with E-state index in [0.29, 0.717) is 13.0 Å². The van der Waals surface area contributed by atoms with Crippen LogP contribution in [-0.2, 0) is 11.2 Å². The Balaban J connectivity index is 2.44. The maximum Gasteiger partial charge on any atom is 0.225 e. The van der Waals surface area contributed by atoms with Crippen LogP contribution in [0.15, 0.2) is 24.3 Å². The number of para-hydroxylation sites is 1. The van der Waals surface area contributed by atoms with Gasteiger partial charge in [-0.25, -0.2) is 0 Å². The highest BCUT2D eigenvalue weighted by molar-refractivity contribution is 5.91. The molecule has 22 heavy (non-hydrogen) atoms. The molecule has 124 valence electrons. The Bertz CT molecular complexity index is 480. The lowest BCUT2D eigenvalue weighted by molar-refractivity contribution is -0.116. The monoisotopic (exact) mass is 306 g/mol. The van der Waals surface area contributed by atoms with Crippen molar-refractivity contribution in [2.45, 2.75) is 59.6 Å². The number of hydrogen-bond acceptors (Lipinski definition) is 3. The van der Waals surface area contributed by atoms with Crippen molar-refractivity contribution in [1.29, 1.82) is 0 Å². The number of carbonyl (C=O) groups is 1. The van der Waals surface area contributed by atoms with Crippen LogP contribution in [0.1, 0.15) is 46.6 Å². The fourth-order valence-electron chi connectivity index (χ4n) is 2.12. The van der Waals surface area contributed by atoms with Crippen molar-refractivity contribution < 1.29 is 9.90 Å². The number of aryl methyl sites for hydroxylation is 1. The van der Waals surface area contributed by atoms with Crippen LogP contribution in [-0.4, -0.2) is 29.7 Å². The predicted octanol–water partition coefficient (Wildman–Crippen LogP) is 2.96. The van der Waals surface area contributed by atoms with Gasteiger partial charge in [-0.1, -0.05) is 45.9 Å². The second kappa shape index (κ2) is 8.30. The van der Waals surface area contributed by atoms with Crippen LogP contribution < -0.4 is 10.6 Å². The molecule has 1 aromatic rings. The molecule has 0 aromatic heterocycles. The molecule has 1 aromatic carbocycles. The lowest BCUT2D eigenvalue weighted by atomic mass is 9.89. The summed E-state index contributed by atoms with van der Waals surface area (Å²) in [6.45, 7) is 10.5. The summed E-state index contributed by atoms with van der Waals surface area (Å²) in [6.07, 6.45) is 0.843. The van der Waals surface area contributed by atoms with Crippen molar-refractivity contribution in [2.24, 2.45) is 5.41 Å². The van der Waals surface area contributed by atoms with Gasteiger partial charge in [-0.2, -0.15) is 0 Å². The van der Waals surface area contributed by atoms with Gasteiger partial charge in [0.25, 0.3) is 0 Å². The van der Waals surface area contributed by atoms with Crippen LogP contribution in [0.2, 0.25) is 0 Å². The average Bonchev–Trinajstić information content (AvgIpc) is 2.44. The molecule has 0 bridgehead atoms. The maximum absolute atomic E-state index is 12.1. The highest BCUT2D eigenvalue weighted by Gasteiger charge is 2.22. The van der Waals surface area contributed by atoms with Crippen molar-refractivity contribution >= 4 is 11.6 Å². The molecule has 0 aliphatic heterocycles. The highest BCUT2D eigenvalue weighted by Crippen LogP contribution is 2.18. The zero-order valence-corrected chi connectivity index (χ0v) is 14.4. The number of carbonyl (C=O) groups excluding carboxylic acids is 1. The smallest absolute Gasteiger partial charge is 0.225 e. The Morgan fingerprint density at radius 2 is 1.91 bits per heavy atom. The predicted molar refractivity (Wildman–Crippen MR) is 92.0 cm³/mol. The van der Waals surface area contributed by atoms with E-state index in [1.807, 2.05) is 52.0 Å². The van der Waals surface area contributed by atoms with Crippen molar-refractivity contribution in [2.75, 3.05) is 11.9 Å². The van der Waals surface area contributed by atoms with Crippen LogP contribution in [0.3, 0.4) is 0 Å². The minimum Gasteiger partial charge on any atom is -0.391 e. The molecule has 0 radical (unpaired) electrons. The molecule has 1 rings (SSSR count). The molecule has 4 heteroatoms. The van der Waals surface area contributed by atoms with Crippen molar-refractivity contribution in [1.82, 2.24) is 5.32 Å². The molecule has 0 saturated carbocycles. The molecule has 0 aliphatic carbocycles. The number of amides is 1. The third-order valence-corrected chi connectivity index (χ3v) is 3.82. The summed E-state index contributed by atoms with van der Waals surface area (Å²) in [5, 5.41) is 16.2. The lowest BCUT2D eigenvalue weighted by Crippen LogP contribution is -2.41. The number of aliphatic hydroxyl groups is 1. The average molecular weight is 306 g/mol. The SMILES string of the molecule is CCc1ccccc1NC(=O)CC(C)NCC(O)C(C)(C)C.